The van der Waals surface area contributed by atoms with Gasteiger partial charge in [-0.25, -0.2) is 0 Å². The Morgan fingerprint density at radius 3 is 1.71 bits per heavy atom. The molecule has 3 heteroatoms. The molecule has 0 amide bonds. The van der Waals surface area contributed by atoms with Gasteiger partial charge in [0.1, 0.15) is 0 Å². The molecule has 0 aliphatic heterocycles. The molecule has 1 aliphatic rings. The molecule has 2 atom stereocenters. The van der Waals surface area contributed by atoms with E-state index in [1.165, 1.54) is 0 Å². The number of rotatable bonds is 4. The van der Waals surface area contributed by atoms with Crippen LogP contribution in [0.25, 0.3) is 0 Å². The van der Waals surface area contributed by atoms with Crippen LogP contribution in [0.1, 0.15) is 67.2 Å². The van der Waals surface area contributed by atoms with Gasteiger partial charge in [-0.05, 0) is 53.8 Å². The van der Waals surface area contributed by atoms with E-state index in [4.69, 9.17) is 5.11 Å². The zero-order valence-electron chi connectivity index (χ0n) is 14.6. The summed E-state index contributed by atoms with van der Waals surface area (Å²) < 4.78 is 0. The number of carbonyl (C=O) groups is 1. The lowest BCUT2D eigenvalue weighted by Gasteiger charge is -2.51. The fourth-order valence-corrected chi connectivity index (χ4v) is 4.25. The number of carboxylic acids is 1. The summed E-state index contributed by atoms with van der Waals surface area (Å²) in [6.45, 7) is 13.7. The standard InChI is InChI=1S/C18H34O3/c1-17(2,3)14-9-12(7-8-16(20)21)10-15(13(14)11-19)18(4,5)6/h12-15,19H,7-11H2,1-6H3,(H,20,21). The first-order valence-electron chi connectivity index (χ1n) is 8.29. The molecule has 0 spiro atoms. The minimum Gasteiger partial charge on any atom is -0.481 e. The number of aliphatic hydroxyl groups is 1. The molecule has 2 unspecified atom stereocenters. The van der Waals surface area contributed by atoms with E-state index < -0.39 is 5.97 Å². The summed E-state index contributed by atoms with van der Waals surface area (Å²) in [5.74, 6) is 1.01. The quantitative estimate of drug-likeness (QED) is 0.818. The van der Waals surface area contributed by atoms with Crippen LogP contribution in [0.5, 0.6) is 0 Å². The van der Waals surface area contributed by atoms with E-state index in [1.54, 1.807) is 0 Å². The summed E-state index contributed by atoms with van der Waals surface area (Å²) >= 11 is 0. The highest BCUT2D eigenvalue weighted by Crippen LogP contribution is 2.52. The summed E-state index contributed by atoms with van der Waals surface area (Å²) in [6.07, 6.45) is 3.14. The minimum absolute atomic E-state index is 0.152. The molecule has 0 radical (unpaired) electrons. The maximum absolute atomic E-state index is 10.9. The topological polar surface area (TPSA) is 57.5 Å². The van der Waals surface area contributed by atoms with E-state index in [0.29, 0.717) is 23.7 Å². The smallest absolute Gasteiger partial charge is 0.303 e. The average Bonchev–Trinajstić information content (AvgIpc) is 2.32. The van der Waals surface area contributed by atoms with E-state index in [-0.39, 0.29) is 23.9 Å². The Hall–Kier alpha value is -0.570. The van der Waals surface area contributed by atoms with Crippen LogP contribution in [0.15, 0.2) is 0 Å². The summed E-state index contributed by atoms with van der Waals surface area (Å²) in [5, 5.41) is 18.9. The highest BCUT2D eigenvalue weighted by molar-refractivity contribution is 5.66. The van der Waals surface area contributed by atoms with Crippen molar-refractivity contribution in [2.45, 2.75) is 67.2 Å². The number of aliphatic hydroxyl groups excluding tert-OH is 1. The first kappa shape index (κ1) is 18.5. The molecule has 0 bridgehead atoms. The van der Waals surface area contributed by atoms with Crippen molar-refractivity contribution in [2.75, 3.05) is 6.61 Å². The maximum Gasteiger partial charge on any atom is 0.303 e. The molecule has 1 fully saturated rings. The van der Waals surface area contributed by atoms with Crippen LogP contribution in [0.2, 0.25) is 0 Å². The molecule has 0 aromatic carbocycles. The third kappa shape index (κ3) is 4.98. The van der Waals surface area contributed by atoms with Crippen LogP contribution in [0.4, 0.5) is 0 Å². The predicted molar refractivity (Wildman–Crippen MR) is 86.1 cm³/mol. The lowest BCUT2D eigenvalue weighted by Crippen LogP contribution is -2.45. The van der Waals surface area contributed by atoms with Crippen molar-refractivity contribution in [3.05, 3.63) is 0 Å². The van der Waals surface area contributed by atoms with Crippen molar-refractivity contribution in [1.29, 1.82) is 0 Å². The van der Waals surface area contributed by atoms with Crippen molar-refractivity contribution >= 4 is 5.97 Å². The lowest BCUT2D eigenvalue weighted by molar-refractivity contribution is -0.137. The highest BCUT2D eigenvalue weighted by atomic mass is 16.4. The molecular weight excluding hydrogens is 264 g/mol. The van der Waals surface area contributed by atoms with E-state index >= 15 is 0 Å². The Morgan fingerprint density at radius 1 is 1.00 bits per heavy atom. The van der Waals surface area contributed by atoms with Gasteiger partial charge in [-0.3, -0.25) is 4.79 Å². The second-order valence-corrected chi connectivity index (χ2v) is 9.06. The Kier molecular flexibility index (Phi) is 5.88. The molecule has 0 aromatic rings. The van der Waals surface area contributed by atoms with E-state index in [9.17, 15) is 9.90 Å². The normalized spacial score (nSPS) is 31.2. The van der Waals surface area contributed by atoms with Crippen LogP contribution in [0.3, 0.4) is 0 Å². The van der Waals surface area contributed by atoms with Crippen LogP contribution in [-0.2, 0) is 4.79 Å². The Labute approximate surface area is 130 Å². The third-order valence-electron chi connectivity index (χ3n) is 5.41. The van der Waals surface area contributed by atoms with Gasteiger partial charge in [-0.15, -0.1) is 0 Å². The molecule has 2 N–H and O–H groups in total. The SMILES string of the molecule is CC(C)(C)C1CC(CCC(=O)O)CC(C(C)(C)C)C1CO. The second-order valence-electron chi connectivity index (χ2n) is 9.06. The van der Waals surface area contributed by atoms with Gasteiger partial charge in [0.05, 0.1) is 0 Å². The molecule has 0 heterocycles. The summed E-state index contributed by atoms with van der Waals surface area (Å²) in [7, 11) is 0. The molecule has 1 aliphatic carbocycles. The van der Waals surface area contributed by atoms with Crippen molar-refractivity contribution in [1.82, 2.24) is 0 Å². The summed E-state index contributed by atoms with van der Waals surface area (Å²) in [5.41, 5.74) is 0.303. The van der Waals surface area contributed by atoms with Crippen molar-refractivity contribution in [2.24, 2.45) is 34.5 Å². The van der Waals surface area contributed by atoms with Crippen molar-refractivity contribution < 1.29 is 15.0 Å². The van der Waals surface area contributed by atoms with Gasteiger partial charge in [-0.2, -0.15) is 0 Å². The van der Waals surface area contributed by atoms with Crippen LogP contribution in [-0.4, -0.2) is 22.8 Å². The number of hydrogen-bond donors (Lipinski definition) is 2. The molecule has 1 saturated carbocycles. The van der Waals surface area contributed by atoms with E-state index in [1.807, 2.05) is 0 Å². The second kappa shape index (κ2) is 6.68. The lowest BCUT2D eigenvalue weighted by atomic mass is 9.54. The summed E-state index contributed by atoms with van der Waals surface area (Å²) in [6, 6.07) is 0. The van der Waals surface area contributed by atoms with E-state index in [0.717, 1.165) is 19.3 Å². The Bertz CT molecular complexity index is 324. The molecule has 0 saturated heterocycles. The van der Waals surface area contributed by atoms with Gasteiger partial charge in [0.25, 0.3) is 0 Å². The van der Waals surface area contributed by atoms with E-state index in [2.05, 4.69) is 41.5 Å². The molecule has 3 nitrogen and oxygen atoms in total. The first-order chi connectivity index (χ1) is 9.46. The summed E-state index contributed by atoms with van der Waals surface area (Å²) in [4.78, 5) is 10.9. The highest BCUT2D eigenvalue weighted by Gasteiger charge is 2.46. The largest absolute Gasteiger partial charge is 0.481 e. The van der Waals surface area contributed by atoms with Crippen LogP contribution in [0, 0.1) is 34.5 Å². The first-order valence-corrected chi connectivity index (χ1v) is 8.29. The predicted octanol–water partition coefficient (Wildman–Crippen LogP) is 4.19. The molecular formula is C18H34O3. The van der Waals surface area contributed by atoms with Gasteiger partial charge in [0.15, 0.2) is 0 Å². The Morgan fingerprint density at radius 2 is 1.43 bits per heavy atom. The fraction of sp³-hybridized carbons (Fsp3) is 0.944. The van der Waals surface area contributed by atoms with Crippen LogP contribution < -0.4 is 0 Å². The monoisotopic (exact) mass is 298 g/mol. The molecule has 1 rings (SSSR count). The third-order valence-corrected chi connectivity index (χ3v) is 5.41. The zero-order valence-corrected chi connectivity index (χ0v) is 14.6. The Balaban J connectivity index is 2.98. The van der Waals surface area contributed by atoms with Gasteiger partial charge in [0, 0.05) is 13.0 Å². The maximum atomic E-state index is 10.9. The van der Waals surface area contributed by atoms with Crippen molar-refractivity contribution in [3.8, 4) is 0 Å². The molecule has 124 valence electrons. The average molecular weight is 298 g/mol. The van der Waals surface area contributed by atoms with Gasteiger partial charge in [0.2, 0.25) is 0 Å². The van der Waals surface area contributed by atoms with Gasteiger partial charge >= 0.3 is 5.97 Å². The molecule has 0 aromatic heterocycles. The zero-order chi connectivity index (χ0) is 16.4. The number of hydrogen-bond acceptors (Lipinski definition) is 2. The van der Waals surface area contributed by atoms with Gasteiger partial charge < -0.3 is 10.2 Å². The fourth-order valence-electron chi connectivity index (χ4n) is 4.25. The molecule has 21 heavy (non-hydrogen) atoms. The van der Waals surface area contributed by atoms with Crippen LogP contribution >= 0.6 is 0 Å². The number of aliphatic carboxylic acids is 1. The minimum atomic E-state index is -0.695. The van der Waals surface area contributed by atoms with Gasteiger partial charge in [-0.1, -0.05) is 41.5 Å². The number of carboxylic acid groups (broad SMARTS) is 1. The van der Waals surface area contributed by atoms with Crippen molar-refractivity contribution in [3.63, 3.8) is 0 Å².